The number of thiazole rings is 1. The monoisotopic (exact) mass is 330 g/mol. The molecule has 0 saturated carbocycles. The molecule has 0 aliphatic carbocycles. The van der Waals surface area contributed by atoms with Gasteiger partial charge in [-0.3, -0.25) is 9.69 Å². The van der Waals surface area contributed by atoms with E-state index in [0.29, 0.717) is 12.5 Å². The van der Waals surface area contributed by atoms with Crippen LogP contribution in [0.5, 0.6) is 0 Å². The van der Waals surface area contributed by atoms with E-state index in [-0.39, 0.29) is 0 Å². The van der Waals surface area contributed by atoms with Crippen LogP contribution in [0, 0.1) is 0 Å². The molecule has 0 spiro atoms. The highest BCUT2D eigenvalue weighted by molar-refractivity contribution is 7.22. The molecule has 0 bridgehead atoms. The number of hydrogen-bond acceptors (Lipinski definition) is 5. The van der Waals surface area contributed by atoms with Gasteiger partial charge in [0.25, 0.3) is 0 Å². The molecule has 1 amide bonds. The number of nitrogens with zero attached hydrogens (tertiary/aromatic N) is 4. The zero-order valence-electron chi connectivity index (χ0n) is 13.3. The normalized spacial score (nSPS) is 19.7. The number of carbonyl (C=O) groups is 1. The molecule has 122 valence electrons. The van der Waals surface area contributed by atoms with Gasteiger partial charge in [0.2, 0.25) is 5.91 Å². The predicted molar refractivity (Wildman–Crippen MR) is 94.1 cm³/mol. The Bertz CT molecular complexity index is 654. The van der Waals surface area contributed by atoms with Crippen LogP contribution >= 0.6 is 11.3 Å². The third kappa shape index (κ3) is 3.19. The largest absolute Gasteiger partial charge is 0.345 e. The first kappa shape index (κ1) is 14.9. The Morgan fingerprint density at radius 1 is 1.04 bits per heavy atom. The van der Waals surface area contributed by atoms with Gasteiger partial charge in [0.05, 0.1) is 16.8 Å². The Hall–Kier alpha value is -1.66. The minimum absolute atomic E-state index is 0.302. The highest BCUT2D eigenvalue weighted by Gasteiger charge is 2.24. The predicted octanol–water partition coefficient (Wildman–Crippen LogP) is 2.04. The summed E-state index contributed by atoms with van der Waals surface area (Å²) in [5, 5.41) is 1.11. The van der Waals surface area contributed by atoms with Gasteiger partial charge in [0.1, 0.15) is 0 Å². The van der Waals surface area contributed by atoms with Gasteiger partial charge in [-0.1, -0.05) is 23.5 Å². The molecule has 6 heteroatoms. The van der Waals surface area contributed by atoms with Crippen molar-refractivity contribution < 1.29 is 4.79 Å². The first-order chi connectivity index (χ1) is 11.3. The third-order valence-electron chi connectivity index (χ3n) is 4.74. The van der Waals surface area contributed by atoms with Crippen molar-refractivity contribution in [3.8, 4) is 0 Å². The second-order valence-electron chi connectivity index (χ2n) is 6.32. The second kappa shape index (κ2) is 6.45. The van der Waals surface area contributed by atoms with E-state index in [1.807, 2.05) is 11.0 Å². The number of rotatable bonds is 3. The number of benzene rings is 1. The van der Waals surface area contributed by atoms with Gasteiger partial charge >= 0.3 is 0 Å². The van der Waals surface area contributed by atoms with Crippen molar-refractivity contribution >= 4 is 32.6 Å². The summed E-state index contributed by atoms with van der Waals surface area (Å²) in [6.45, 7) is 6.26. The van der Waals surface area contributed by atoms with Gasteiger partial charge in [-0.05, 0) is 25.0 Å². The van der Waals surface area contributed by atoms with Crippen LogP contribution < -0.4 is 4.90 Å². The Labute approximate surface area is 140 Å². The molecule has 0 N–H and O–H groups in total. The fraction of sp³-hybridized carbons (Fsp3) is 0.529. The van der Waals surface area contributed by atoms with Crippen LogP contribution in [0.15, 0.2) is 24.3 Å². The summed E-state index contributed by atoms with van der Waals surface area (Å²) in [5.74, 6) is 0.302. The SMILES string of the molecule is O=C(CN1CCN(c2nc3ccccc3s2)CC1)N1CCCC1. The maximum Gasteiger partial charge on any atom is 0.236 e. The summed E-state index contributed by atoms with van der Waals surface area (Å²) in [5.41, 5.74) is 1.08. The second-order valence-corrected chi connectivity index (χ2v) is 7.32. The van der Waals surface area contributed by atoms with E-state index in [9.17, 15) is 4.79 Å². The fourth-order valence-electron chi connectivity index (χ4n) is 3.35. The van der Waals surface area contributed by atoms with Crippen molar-refractivity contribution in [3.05, 3.63) is 24.3 Å². The molecule has 2 aliphatic heterocycles. The van der Waals surface area contributed by atoms with Gasteiger partial charge < -0.3 is 9.80 Å². The smallest absolute Gasteiger partial charge is 0.236 e. The molecule has 4 rings (SSSR count). The van der Waals surface area contributed by atoms with Crippen LogP contribution in [0.1, 0.15) is 12.8 Å². The van der Waals surface area contributed by atoms with Crippen LogP contribution in [0.2, 0.25) is 0 Å². The Balaban J connectivity index is 1.34. The lowest BCUT2D eigenvalue weighted by molar-refractivity contribution is -0.131. The summed E-state index contributed by atoms with van der Waals surface area (Å²) in [6.07, 6.45) is 2.33. The number of para-hydroxylation sites is 1. The molecule has 0 unspecified atom stereocenters. The van der Waals surface area contributed by atoms with Gasteiger partial charge in [-0.25, -0.2) is 4.98 Å². The van der Waals surface area contributed by atoms with E-state index < -0.39 is 0 Å². The summed E-state index contributed by atoms with van der Waals surface area (Å²) in [4.78, 5) is 23.6. The highest BCUT2D eigenvalue weighted by atomic mass is 32.1. The van der Waals surface area contributed by atoms with E-state index in [2.05, 4.69) is 28.0 Å². The molecule has 0 atom stereocenters. The zero-order chi connectivity index (χ0) is 15.6. The number of aromatic nitrogens is 1. The molecule has 23 heavy (non-hydrogen) atoms. The molecule has 5 nitrogen and oxygen atoms in total. The van der Waals surface area contributed by atoms with Crippen LogP contribution in [-0.2, 0) is 4.79 Å². The maximum atomic E-state index is 12.2. The molecule has 1 aromatic heterocycles. The van der Waals surface area contributed by atoms with E-state index in [4.69, 9.17) is 4.98 Å². The number of anilines is 1. The number of hydrogen-bond donors (Lipinski definition) is 0. The Kier molecular flexibility index (Phi) is 4.18. The molecule has 2 aliphatic rings. The number of likely N-dealkylation sites (tertiary alicyclic amines) is 1. The lowest BCUT2D eigenvalue weighted by Gasteiger charge is -2.34. The van der Waals surface area contributed by atoms with Crippen molar-refractivity contribution in [2.45, 2.75) is 12.8 Å². The summed E-state index contributed by atoms with van der Waals surface area (Å²) >= 11 is 1.76. The standard InChI is InChI=1S/C17H22N4OS/c22-16(20-7-3-4-8-20)13-19-9-11-21(12-10-19)17-18-14-5-1-2-6-15(14)23-17/h1-2,5-6H,3-4,7-13H2. The first-order valence-corrected chi connectivity index (χ1v) is 9.22. The van der Waals surface area contributed by atoms with Crippen molar-refractivity contribution in [2.75, 3.05) is 50.7 Å². The van der Waals surface area contributed by atoms with E-state index in [1.54, 1.807) is 11.3 Å². The van der Waals surface area contributed by atoms with Crippen LogP contribution in [-0.4, -0.2) is 66.5 Å². The van der Waals surface area contributed by atoms with E-state index in [1.165, 1.54) is 4.70 Å². The molecular weight excluding hydrogens is 308 g/mol. The minimum atomic E-state index is 0.302. The average Bonchev–Trinajstić information content (AvgIpc) is 3.25. The quantitative estimate of drug-likeness (QED) is 0.863. The number of piperazine rings is 1. The van der Waals surface area contributed by atoms with Crippen LogP contribution in [0.25, 0.3) is 10.2 Å². The molecule has 0 radical (unpaired) electrons. The lowest BCUT2D eigenvalue weighted by Crippen LogP contribution is -2.49. The molecule has 2 fully saturated rings. The van der Waals surface area contributed by atoms with E-state index >= 15 is 0 Å². The zero-order valence-corrected chi connectivity index (χ0v) is 14.1. The van der Waals surface area contributed by atoms with Crippen LogP contribution in [0.3, 0.4) is 0 Å². The highest BCUT2D eigenvalue weighted by Crippen LogP contribution is 2.29. The Morgan fingerprint density at radius 2 is 1.78 bits per heavy atom. The van der Waals surface area contributed by atoms with E-state index in [0.717, 1.165) is 62.8 Å². The molecule has 2 aromatic rings. The van der Waals surface area contributed by atoms with Gasteiger partial charge in [-0.2, -0.15) is 0 Å². The van der Waals surface area contributed by atoms with Crippen molar-refractivity contribution in [1.29, 1.82) is 0 Å². The minimum Gasteiger partial charge on any atom is -0.345 e. The summed E-state index contributed by atoms with van der Waals surface area (Å²) in [6, 6.07) is 8.29. The molecule has 1 aromatic carbocycles. The van der Waals surface area contributed by atoms with Crippen LogP contribution in [0.4, 0.5) is 5.13 Å². The topological polar surface area (TPSA) is 39.7 Å². The summed E-state index contributed by atoms with van der Waals surface area (Å²) < 4.78 is 1.24. The Morgan fingerprint density at radius 3 is 2.52 bits per heavy atom. The molecule has 2 saturated heterocycles. The maximum absolute atomic E-state index is 12.2. The van der Waals surface area contributed by atoms with Crippen molar-refractivity contribution in [3.63, 3.8) is 0 Å². The van der Waals surface area contributed by atoms with Gasteiger partial charge in [0, 0.05) is 39.3 Å². The van der Waals surface area contributed by atoms with Crippen molar-refractivity contribution in [2.24, 2.45) is 0 Å². The average molecular weight is 330 g/mol. The number of amides is 1. The van der Waals surface area contributed by atoms with Crippen molar-refractivity contribution in [1.82, 2.24) is 14.8 Å². The lowest BCUT2D eigenvalue weighted by atomic mass is 10.3. The fourth-order valence-corrected chi connectivity index (χ4v) is 4.37. The third-order valence-corrected chi connectivity index (χ3v) is 5.84. The molecule has 3 heterocycles. The van der Waals surface area contributed by atoms with Gasteiger partial charge in [0.15, 0.2) is 5.13 Å². The molecular formula is C17H22N4OS. The summed E-state index contributed by atoms with van der Waals surface area (Å²) in [7, 11) is 0. The first-order valence-electron chi connectivity index (χ1n) is 8.40. The number of carbonyl (C=O) groups excluding carboxylic acids is 1. The van der Waals surface area contributed by atoms with Gasteiger partial charge in [-0.15, -0.1) is 0 Å². The number of fused-ring (bicyclic) bond motifs is 1.